The molecule has 0 spiro atoms. The Bertz CT molecular complexity index is 340. The minimum Gasteiger partial charge on any atom is -0.369 e. The van der Waals surface area contributed by atoms with Crippen LogP contribution in [-0.4, -0.2) is 42.5 Å². The van der Waals surface area contributed by atoms with E-state index in [1.54, 1.807) is 11.0 Å². The number of carbonyl (C=O) groups excluding carboxylic acids is 1. The summed E-state index contributed by atoms with van der Waals surface area (Å²) in [5.41, 5.74) is 0. The molecule has 1 amide bonds. The highest BCUT2D eigenvalue weighted by atomic mass is 35.5. The summed E-state index contributed by atoms with van der Waals surface area (Å²) in [5, 5.41) is -0.145. The van der Waals surface area contributed by atoms with E-state index < -0.39 is 0 Å². The van der Waals surface area contributed by atoms with Crippen LogP contribution in [0.25, 0.3) is 0 Å². The van der Waals surface area contributed by atoms with Crippen molar-refractivity contribution >= 4 is 17.5 Å². The largest absolute Gasteiger partial charge is 0.369 e. The molecule has 1 atom stereocenters. The van der Waals surface area contributed by atoms with Crippen molar-refractivity contribution in [1.82, 2.24) is 4.90 Å². The number of halogens is 1. The van der Waals surface area contributed by atoms with Gasteiger partial charge in [0.1, 0.15) is 6.61 Å². The maximum absolute atomic E-state index is 12.0. The average Bonchev–Trinajstić information content (AvgIpc) is 2.33. The van der Waals surface area contributed by atoms with Gasteiger partial charge in [-0.25, -0.2) is 0 Å². The Morgan fingerprint density at radius 3 is 2.58 bits per heavy atom. The Morgan fingerprint density at radius 1 is 1.37 bits per heavy atom. The van der Waals surface area contributed by atoms with Crippen molar-refractivity contribution in [3.05, 3.63) is 12.2 Å². The van der Waals surface area contributed by atoms with Crippen molar-refractivity contribution in [2.24, 2.45) is 5.92 Å². The van der Waals surface area contributed by atoms with Crippen LogP contribution in [0.4, 0.5) is 0 Å². The molecular weight excluding hydrogens is 262 g/mol. The number of allylic oxidation sites excluding steroid dienone is 1. The van der Waals surface area contributed by atoms with Gasteiger partial charge in [-0.05, 0) is 19.8 Å². The van der Waals surface area contributed by atoms with Gasteiger partial charge in [0, 0.05) is 24.6 Å². The molecule has 0 saturated carbocycles. The molecular formula is C15H24ClNO2. The zero-order valence-corrected chi connectivity index (χ0v) is 13.0. The fourth-order valence-corrected chi connectivity index (χ4v) is 1.42. The second-order valence-corrected chi connectivity index (χ2v) is 5.33. The zero-order chi connectivity index (χ0) is 14.7. The zero-order valence-electron chi connectivity index (χ0n) is 12.3. The van der Waals surface area contributed by atoms with Crippen LogP contribution in [0.15, 0.2) is 12.2 Å². The molecule has 0 bridgehead atoms. The van der Waals surface area contributed by atoms with Crippen LogP contribution in [0.2, 0.25) is 0 Å². The van der Waals surface area contributed by atoms with E-state index in [2.05, 4.69) is 25.7 Å². The number of ether oxygens (including phenoxy) is 1. The SMILES string of the molecule is CCOCC#CCN(CC(C)C)C(=O)/C=C/C(C)Cl. The van der Waals surface area contributed by atoms with Gasteiger partial charge in [-0.15, -0.1) is 11.6 Å². The topological polar surface area (TPSA) is 29.5 Å². The van der Waals surface area contributed by atoms with Crippen molar-refractivity contribution in [2.75, 3.05) is 26.3 Å². The molecule has 0 aromatic carbocycles. The highest BCUT2D eigenvalue weighted by Crippen LogP contribution is 2.01. The van der Waals surface area contributed by atoms with E-state index in [0.717, 1.165) is 0 Å². The molecule has 19 heavy (non-hydrogen) atoms. The van der Waals surface area contributed by atoms with Crippen LogP contribution >= 0.6 is 11.6 Å². The predicted octanol–water partition coefficient (Wildman–Crippen LogP) is 2.69. The maximum atomic E-state index is 12.0. The predicted molar refractivity (Wildman–Crippen MR) is 80.1 cm³/mol. The van der Waals surface area contributed by atoms with Crippen molar-refractivity contribution in [1.29, 1.82) is 0 Å². The summed E-state index contributed by atoms with van der Waals surface area (Å²) < 4.78 is 5.13. The fourth-order valence-electron chi connectivity index (χ4n) is 1.35. The summed E-state index contributed by atoms with van der Waals surface area (Å²) in [4.78, 5) is 13.7. The molecule has 0 radical (unpaired) electrons. The third kappa shape index (κ3) is 10.6. The molecule has 3 nitrogen and oxygen atoms in total. The third-order valence-electron chi connectivity index (χ3n) is 2.17. The van der Waals surface area contributed by atoms with E-state index in [1.807, 2.05) is 13.8 Å². The van der Waals surface area contributed by atoms with Crippen molar-refractivity contribution in [3.63, 3.8) is 0 Å². The lowest BCUT2D eigenvalue weighted by Gasteiger charge is -2.20. The van der Waals surface area contributed by atoms with Gasteiger partial charge < -0.3 is 9.64 Å². The Hall–Kier alpha value is -0.980. The second kappa shape index (κ2) is 10.9. The van der Waals surface area contributed by atoms with Gasteiger partial charge in [0.25, 0.3) is 0 Å². The Balaban J connectivity index is 4.44. The minimum atomic E-state index is -0.145. The molecule has 1 unspecified atom stereocenters. The Kier molecular flexibility index (Phi) is 10.3. The van der Waals surface area contributed by atoms with E-state index in [0.29, 0.717) is 32.2 Å². The molecule has 0 N–H and O–H groups in total. The molecule has 0 rings (SSSR count). The third-order valence-corrected chi connectivity index (χ3v) is 2.32. The molecule has 0 fully saturated rings. The van der Waals surface area contributed by atoms with Gasteiger partial charge in [-0.1, -0.05) is 31.8 Å². The first-order valence-electron chi connectivity index (χ1n) is 6.62. The van der Waals surface area contributed by atoms with Crippen LogP contribution in [-0.2, 0) is 9.53 Å². The van der Waals surface area contributed by atoms with Gasteiger partial charge in [0.15, 0.2) is 0 Å². The average molecular weight is 286 g/mol. The van der Waals surface area contributed by atoms with Gasteiger partial charge in [-0.3, -0.25) is 4.79 Å². The Morgan fingerprint density at radius 2 is 2.05 bits per heavy atom. The van der Waals surface area contributed by atoms with Crippen molar-refractivity contribution in [3.8, 4) is 11.8 Å². The van der Waals surface area contributed by atoms with Gasteiger partial charge in [-0.2, -0.15) is 0 Å². The quantitative estimate of drug-likeness (QED) is 0.311. The molecule has 4 heteroatoms. The summed E-state index contributed by atoms with van der Waals surface area (Å²) in [6, 6.07) is 0. The highest BCUT2D eigenvalue weighted by molar-refractivity contribution is 6.21. The first-order valence-corrected chi connectivity index (χ1v) is 7.05. The molecule has 0 aliphatic rings. The normalized spacial score (nSPS) is 12.3. The summed E-state index contributed by atoms with van der Waals surface area (Å²) in [7, 11) is 0. The Labute approximate surface area is 121 Å². The number of hydrogen-bond donors (Lipinski definition) is 0. The summed E-state index contributed by atoms with van der Waals surface area (Å²) in [6.45, 7) is 10.1. The lowest BCUT2D eigenvalue weighted by molar-refractivity contribution is -0.125. The van der Waals surface area contributed by atoms with Gasteiger partial charge >= 0.3 is 0 Å². The first-order chi connectivity index (χ1) is 8.97. The van der Waals surface area contributed by atoms with E-state index in [1.165, 1.54) is 6.08 Å². The lowest BCUT2D eigenvalue weighted by Crippen LogP contribution is -2.33. The van der Waals surface area contributed by atoms with E-state index in [-0.39, 0.29) is 11.3 Å². The second-order valence-electron chi connectivity index (χ2n) is 4.64. The van der Waals surface area contributed by atoms with E-state index in [4.69, 9.17) is 16.3 Å². The number of alkyl halides is 1. The molecule has 0 heterocycles. The summed E-state index contributed by atoms with van der Waals surface area (Å²) >= 11 is 5.79. The highest BCUT2D eigenvalue weighted by Gasteiger charge is 2.10. The number of amides is 1. The monoisotopic (exact) mass is 285 g/mol. The van der Waals surface area contributed by atoms with E-state index in [9.17, 15) is 4.79 Å². The summed E-state index contributed by atoms with van der Waals surface area (Å²) in [5.74, 6) is 6.20. The van der Waals surface area contributed by atoms with Crippen LogP contribution in [0.3, 0.4) is 0 Å². The molecule has 108 valence electrons. The van der Waals surface area contributed by atoms with Crippen LogP contribution in [0.1, 0.15) is 27.7 Å². The maximum Gasteiger partial charge on any atom is 0.247 e. The van der Waals surface area contributed by atoms with Crippen molar-refractivity contribution < 1.29 is 9.53 Å². The van der Waals surface area contributed by atoms with Crippen LogP contribution in [0, 0.1) is 17.8 Å². The van der Waals surface area contributed by atoms with Crippen molar-refractivity contribution in [2.45, 2.75) is 33.1 Å². The van der Waals surface area contributed by atoms with Gasteiger partial charge in [0.2, 0.25) is 5.91 Å². The number of carbonyl (C=O) groups is 1. The molecule has 0 aliphatic heterocycles. The summed E-state index contributed by atoms with van der Waals surface area (Å²) in [6.07, 6.45) is 3.20. The minimum absolute atomic E-state index is 0.0492. The number of nitrogens with zero attached hydrogens (tertiary/aromatic N) is 1. The molecule has 0 aromatic rings. The lowest BCUT2D eigenvalue weighted by atomic mass is 10.2. The standard InChI is InChI=1S/C15H24ClNO2/c1-5-19-11-7-6-10-17(12-13(2)3)15(18)9-8-14(4)16/h8-9,13-14H,5,10-12H2,1-4H3/b9-8+. The fraction of sp³-hybridized carbons (Fsp3) is 0.667. The molecule has 0 aliphatic carbocycles. The van der Waals surface area contributed by atoms with Crippen LogP contribution < -0.4 is 0 Å². The molecule has 0 aromatic heterocycles. The number of hydrogen-bond acceptors (Lipinski definition) is 2. The van der Waals surface area contributed by atoms with Crippen LogP contribution in [0.5, 0.6) is 0 Å². The smallest absolute Gasteiger partial charge is 0.247 e. The first kappa shape index (κ1) is 18.0. The number of rotatable bonds is 7. The molecule has 0 saturated heterocycles. The van der Waals surface area contributed by atoms with E-state index >= 15 is 0 Å². The van der Waals surface area contributed by atoms with Gasteiger partial charge in [0.05, 0.1) is 6.54 Å².